The van der Waals surface area contributed by atoms with Gasteiger partial charge in [0.2, 0.25) is 0 Å². The zero-order valence-electron chi connectivity index (χ0n) is 11.2. The molecule has 0 aliphatic carbocycles. The third kappa shape index (κ3) is 2.86. The van der Waals surface area contributed by atoms with Crippen molar-refractivity contribution in [2.45, 2.75) is 14.1 Å². The van der Waals surface area contributed by atoms with Crippen molar-refractivity contribution in [3.05, 3.63) is 42.0 Å². The monoisotopic (exact) mass is 329 g/mol. The summed E-state index contributed by atoms with van der Waals surface area (Å²) >= 11 is 4.71. The predicted molar refractivity (Wildman–Crippen MR) is 91.1 cm³/mol. The van der Waals surface area contributed by atoms with E-state index in [1.165, 1.54) is 11.8 Å². The average molecular weight is 329 g/mol. The molecule has 0 amide bonds. The van der Waals surface area contributed by atoms with Crippen LogP contribution in [0.15, 0.2) is 50.5 Å². The topological polar surface area (TPSA) is 62.7 Å². The van der Waals surface area contributed by atoms with E-state index in [9.17, 15) is 5.26 Å². The van der Waals surface area contributed by atoms with Crippen LogP contribution in [0.2, 0.25) is 0 Å². The molecule has 1 aromatic heterocycles. The molecule has 0 bridgehead atoms. The van der Waals surface area contributed by atoms with Crippen LogP contribution in [0.5, 0.6) is 0 Å². The van der Waals surface area contributed by atoms with Gasteiger partial charge in [-0.3, -0.25) is 0 Å². The van der Waals surface area contributed by atoms with Gasteiger partial charge >= 0.3 is 0 Å². The molecule has 3 nitrogen and oxygen atoms in total. The van der Waals surface area contributed by atoms with Crippen LogP contribution in [0.4, 0.5) is 5.69 Å². The van der Waals surface area contributed by atoms with Crippen LogP contribution in [0.1, 0.15) is 5.56 Å². The Hall–Kier alpha value is -1.68. The molecule has 2 N–H and O–H groups in total. The van der Waals surface area contributed by atoms with Gasteiger partial charge in [-0.15, -0.1) is 23.1 Å². The van der Waals surface area contributed by atoms with Crippen LogP contribution in [-0.2, 0) is 0 Å². The third-order valence-corrected chi connectivity index (χ3v) is 5.83. The van der Waals surface area contributed by atoms with E-state index < -0.39 is 0 Å². The van der Waals surface area contributed by atoms with Gasteiger partial charge in [-0.25, -0.2) is 4.98 Å². The molecule has 0 spiro atoms. The van der Waals surface area contributed by atoms with Crippen molar-refractivity contribution < 1.29 is 0 Å². The highest BCUT2D eigenvalue weighted by atomic mass is 32.2. The number of anilines is 1. The van der Waals surface area contributed by atoms with Crippen LogP contribution < -0.4 is 5.73 Å². The van der Waals surface area contributed by atoms with Crippen LogP contribution >= 0.6 is 34.9 Å². The van der Waals surface area contributed by atoms with Crippen LogP contribution in [0.3, 0.4) is 0 Å². The van der Waals surface area contributed by atoms with Gasteiger partial charge in [-0.1, -0.05) is 17.8 Å². The lowest BCUT2D eigenvalue weighted by atomic mass is 10.2. The van der Waals surface area contributed by atoms with E-state index in [4.69, 9.17) is 5.73 Å². The normalized spacial score (nSPS) is 10.7. The number of rotatable bonds is 3. The lowest BCUT2D eigenvalue weighted by Crippen LogP contribution is -1.84. The van der Waals surface area contributed by atoms with Crippen LogP contribution in [0, 0.1) is 11.3 Å². The molecule has 3 aromatic rings. The summed E-state index contributed by atoms with van der Waals surface area (Å²) in [5.41, 5.74) is 8.19. The quantitative estimate of drug-likeness (QED) is 0.561. The molecular formula is C15H11N3S3. The molecule has 0 fully saturated rings. The molecule has 0 aliphatic heterocycles. The molecule has 1 heterocycles. The zero-order chi connectivity index (χ0) is 14.8. The van der Waals surface area contributed by atoms with E-state index in [2.05, 4.69) is 11.1 Å². The van der Waals surface area contributed by atoms with Crippen molar-refractivity contribution in [2.75, 3.05) is 12.0 Å². The fourth-order valence-electron chi connectivity index (χ4n) is 1.93. The number of hydrogen-bond acceptors (Lipinski definition) is 6. The van der Waals surface area contributed by atoms with Gasteiger partial charge in [0.05, 0.1) is 15.8 Å². The summed E-state index contributed by atoms with van der Waals surface area (Å²) in [6.45, 7) is 0. The summed E-state index contributed by atoms with van der Waals surface area (Å²) in [6.07, 6.45) is 1.98. The first kappa shape index (κ1) is 14.3. The Morgan fingerprint density at radius 1 is 1.24 bits per heavy atom. The Labute approximate surface area is 135 Å². The Morgan fingerprint density at radius 2 is 2.05 bits per heavy atom. The summed E-state index contributed by atoms with van der Waals surface area (Å²) in [7, 11) is 0. The minimum absolute atomic E-state index is 0.716. The molecule has 21 heavy (non-hydrogen) atoms. The van der Waals surface area contributed by atoms with Gasteiger partial charge in [0.1, 0.15) is 6.07 Å². The summed E-state index contributed by atoms with van der Waals surface area (Å²) in [5.74, 6) is 0. The molecule has 3 rings (SSSR count). The van der Waals surface area contributed by atoms with Crippen molar-refractivity contribution in [3.63, 3.8) is 0 Å². The number of aromatic nitrogens is 1. The second kappa shape index (κ2) is 5.98. The highest BCUT2D eigenvalue weighted by molar-refractivity contribution is 8.01. The molecule has 0 saturated carbocycles. The Bertz CT molecular complexity index is 849. The maximum Gasteiger partial charge on any atom is 0.155 e. The SMILES string of the molecule is CSc1cccc(Sc2nc3ccc(N)cc3s2)c1C#N. The number of benzene rings is 2. The number of thioether (sulfide) groups is 1. The summed E-state index contributed by atoms with van der Waals surface area (Å²) in [5, 5.41) is 9.37. The molecular weight excluding hydrogens is 318 g/mol. The fourth-order valence-corrected chi connectivity index (χ4v) is 4.76. The van der Waals surface area contributed by atoms with Gasteiger partial charge in [0, 0.05) is 15.5 Å². The van der Waals surface area contributed by atoms with Gasteiger partial charge in [0.15, 0.2) is 4.34 Å². The summed E-state index contributed by atoms with van der Waals surface area (Å²) in [6, 6.07) is 13.9. The first-order chi connectivity index (χ1) is 10.2. The van der Waals surface area contributed by atoms with E-state index in [1.807, 2.05) is 42.7 Å². The lowest BCUT2D eigenvalue weighted by molar-refractivity contribution is 1.24. The van der Waals surface area contributed by atoms with Gasteiger partial charge in [0.25, 0.3) is 0 Å². The first-order valence-corrected chi connectivity index (χ1v) is 8.98. The number of fused-ring (bicyclic) bond motifs is 1. The molecule has 0 aliphatic rings. The minimum Gasteiger partial charge on any atom is -0.399 e. The fraction of sp³-hybridized carbons (Fsp3) is 0.0667. The number of nitriles is 1. The maximum atomic E-state index is 9.37. The van der Waals surface area contributed by atoms with Crippen LogP contribution in [0.25, 0.3) is 10.2 Å². The van der Waals surface area contributed by atoms with Crippen LogP contribution in [-0.4, -0.2) is 11.2 Å². The number of nitrogen functional groups attached to an aromatic ring is 1. The van der Waals surface area contributed by atoms with Crippen molar-refractivity contribution in [1.29, 1.82) is 5.26 Å². The van der Waals surface area contributed by atoms with E-state index in [0.717, 1.165) is 30.0 Å². The lowest BCUT2D eigenvalue weighted by Gasteiger charge is -2.04. The first-order valence-electron chi connectivity index (χ1n) is 6.12. The molecule has 0 atom stereocenters. The highest BCUT2D eigenvalue weighted by Crippen LogP contribution is 2.38. The standard InChI is InChI=1S/C15H11N3S3/c1-19-12-3-2-4-13(10(12)8-16)20-15-18-11-6-5-9(17)7-14(11)21-15/h2-7H,17H2,1H3. The molecule has 0 unspecified atom stereocenters. The van der Waals surface area contributed by atoms with E-state index in [1.54, 1.807) is 23.1 Å². The maximum absolute atomic E-state index is 9.37. The Morgan fingerprint density at radius 3 is 2.81 bits per heavy atom. The van der Waals surface area contributed by atoms with Crippen molar-refractivity contribution in [3.8, 4) is 6.07 Å². The highest BCUT2D eigenvalue weighted by Gasteiger charge is 2.12. The van der Waals surface area contributed by atoms with E-state index in [-0.39, 0.29) is 0 Å². The summed E-state index contributed by atoms with van der Waals surface area (Å²) in [4.78, 5) is 6.52. The van der Waals surface area contributed by atoms with E-state index >= 15 is 0 Å². The van der Waals surface area contributed by atoms with Gasteiger partial charge in [-0.05, 0) is 36.6 Å². The molecule has 0 saturated heterocycles. The van der Waals surface area contributed by atoms with Gasteiger partial charge in [-0.2, -0.15) is 5.26 Å². The van der Waals surface area contributed by atoms with E-state index in [0.29, 0.717) is 5.56 Å². The van der Waals surface area contributed by atoms with Crippen molar-refractivity contribution >= 4 is 50.8 Å². The number of nitrogens with zero attached hydrogens (tertiary/aromatic N) is 2. The summed E-state index contributed by atoms with van der Waals surface area (Å²) < 4.78 is 1.99. The second-order valence-corrected chi connectivity index (χ2v) is 7.42. The average Bonchev–Trinajstić information content (AvgIpc) is 2.88. The Balaban J connectivity index is 2.01. The number of nitrogens with two attached hydrogens (primary N) is 1. The Kier molecular flexibility index (Phi) is 4.06. The molecule has 2 aromatic carbocycles. The predicted octanol–water partition coefficient (Wildman–Crippen LogP) is 4.62. The van der Waals surface area contributed by atoms with Crippen molar-refractivity contribution in [2.24, 2.45) is 0 Å². The number of thiazole rings is 1. The molecule has 104 valence electrons. The smallest absolute Gasteiger partial charge is 0.155 e. The zero-order valence-corrected chi connectivity index (χ0v) is 13.6. The number of hydrogen-bond donors (Lipinski definition) is 1. The molecule has 6 heteroatoms. The minimum atomic E-state index is 0.716. The molecule has 0 radical (unpaired) electrons. The van der Waals surface area contributed by atoms with Gasteiger partial charge < -0.3 is 5.73 Å². The van der Waals surface area contributed by atoms with Crippen molar-refractivity contribution in [1.82, 2.24) is 4.98 Å². The largest absolute Gasteiger partial charge is 0.399 e. The third-order valence-electron chi connectivity index (χ3n) is 2.91. The second-order valence-electron chi connectivity index (χ2n) is 4.25.